The van der Waals surface area contributed by atoms with Crippen molar-refractivity contribution < 1.29 is 23.8 Å². The Kier molecular flexibility index (Phi) is 8.16. The smallest absolute Gasteiger partial charge is 0.260 e. The molecular formula is C25H31N3O5. The highest BCUT2D eigenvalue weighted by Gasteiger charge is 2.28. The number of piperazine rings is 1. The van der Waals surface area contributed by atoms with E-state index in [1.807, 2.05) is 70.5 Å². The summed E-state index contributed by atoms with van der Waals surface area (Å²) in [6.07, 6.45) is -0.0388. The molecule has 33 heavy (non-hydrogen) atoms. The Morgan fingerprint density at radius 2 is 1.30 bits per heavy atom. The molecule has 0 bridgehead atoms. The van der Waals surface area contributed by atoms with Crippen molar-refractivity contribution in [2.24, 2.45) is 0 Å². The summed E-state index contributed by atoms with van der Waals surface area (Å²) in [7, 11) is 0. The fourth-order valence-electron chi connectivity index (χ4n) is 4.03. The number of hydrogen-bond donors (Lipinski definition) is 0. The maximum Gasteiger partial charge on any atom is 0.260 e. The summed E-state index contributed by atoms with van der Waals surface area (Å²) in [5.41, 5.74) is 0. The Balaban J connectivity index is 1.16. The molecule has 2 amide bonds. The van der Waals surface area contributed by atoms with Crippen LogP contribution in [0.25, 0.3) is 0 Å². The molecule has 2 fully saturated rings. The largest absolute Gasteiger partial charge is 0.484 e. The molecule has 0 spiro atoms. The lowest BCUT2D eigenvalue weighted by atomic mass is 10.2. The van der Waals surface area contributed by atoms with Gasteiger partial charge in [0.25, 0.3) is 11.8 Å². The normalized spacial score (nSPS) is 19.2. The first-order valence-electron chi connectivity index (χ1n) is 11.4. The first-order valence-corrected chi connectivity index (χ1v) is 11.4. The van der Waals surface area contributed by atoms with Gasteiger partial charge in [-0.25, -0.2) is 0 Å². The molecule has 4 rings (SSSR count). The molecule has 1 atom stereocenters. The molecule has 1 unspecified atom stereocenters. The average molecular weight is 454 g/mol. The predicted octanol–water partition coefficient (Wildman–Crippen LogP) is 1.52. The van der Waals surface area contributed by atoms with Crippen LogP contribution in [0.15, 0.2) is 60.7 Å². The Bertz CT molecular complexity index is 887. The lowest BCUT2D eigenvalue weighted by Crippen LogP contribution is -2.55. The first-order chi connectivity index (χ1) is 16.2. The quantitative estimate of drug-likeness (QED) is 0.604. The Morgan fingerprint density at radius 3 is 1.88 bits per heavy atom. The second-order valence-corrected chi connectivity index (χ2v) is 8.22. The zero-order chi connectivity index (χ0) is 22.9. The molecule has 176 valence electrons. The second kappa shape index (κ2) is 11.7. The zero-order valence-corrected chi connectivity index (χ0v) is 18.8. The maximum atomic E-state index is 12.6. The van der Waals surface area contributed by atoms with E-state index < -0.39 is 0 Å². The number of amides is 2. The van der Waals surface area contributed by atoms with Crippen LogP contribution in [0.5, 0.6) is 11.5 Å². The van der Waals surface area contributed by atoms with E-state index in [2.05, 4.69) is 4.90 Å². The lowest BCUT2D eigenvalue weighted by Gasteiger charge is -2.39. The standard InChI is InChI=1S/C25H31N3O5/c29-24(19-32-21-7-3-1-4-8-21)27-13-11-26(12-14-27)17-23-18-28(15-16-31-23)25(30)20-33-22-9-5-2-6-10-22/h1-10,23H,11-20H2. The van der Waals surface area contributed by atoms with E-state index >= 15 is 0 Å². The van der Waals surface area contributed by atoms with Crippen LogP contribution in [0.2, 0.25) is 0 Å². The molecule has 2 heterocycles. The number of morpholine rings is 1. The van der Waals surface area contributed by atoms with E-state index in [0.29, 0.717) is 44.3 Å². The number of rotatable bonds is 8. The molecule has 0 radical (unpaired) electrons. The Morgan fingerprint density at radius 1 is 0.758 bits per heavy atom. The van der Waals surface area contributed by atoms with Crippen LogP contribution in [0.1, 0.15) is 0 Å². The van der Waals surface area contributed by atoms with Gasteiger partial charge in [-0.1, -0.05) is 36.4 Å². The van der Waals surface area contributed by atoms with Gasteiger partial charge < -0.3 is 24.0 Å². The van der Waals surface area contributed by atoms with Crippen molar-refractivity contribution in [3.63, 3.8) is 0 Å². The zero-order valence-electron chi connectivity index (χ0n) is 18.8. The van der Waals surface area contributed by atoms with Crippen molar-refractivity contribution in [2.75, 3.05) is 65.6 Å². The van der Waals surface area contributed by atoms with Crippen molar-refractivity contribution in [3.05, 3.63) is 60.7 Å². The molecule has 8 heteroatoms. The van der Waals surface area contributed by atoms with Gasteiger partial charge in [-0.15, -0.1) is 0 Å². The van der Waals surface area contributed by atoms with Crippen molar-refractivity contribution in [1.29, 1.82) is 0 Å². The SMILES string of the molecule is O=C(COc1ccccc1)N1CCN(CC2CN(C(=O)COc3ccccc3)CCO2)CC1. The highest BCUT2D eigenvalue weighted by Crippen LogP contribution is 2.13. The van der Waals surface area contributed by atoms with Crippen LogP contribution >= 0.6 is 0 Å². The van der Waals surface area contributed by atoms with E-state index in [4.69, 9.17) is 14.2 Å². The summed E-state index contributed by atoms with van der Waals surface area (Å²) in [5, 5.41) is 0. The van der Waals surface area contributed by atoms with Gasteiger partial charge in [0.2, 0.25) is 0 Å². The van der Waals surface area contributed by atoms with E-state index in [1.165, 1.54) is 0 Å². The number of nitrogens with zero attached hydrogens (tertiary/aromatic N) is 3. The van der Waals surface area contributed by atoms with Gasteiger partial charge in [0.1, 0.15) is 11.5 Å². The number of ether oxygens (including phenoxy) is 3. The minimum Gasteiger partial charge on any atom is -0.484 e. The summed E-state index contributed by atoms with van der Waals surface area (Å²) in [4.78, 5) is 31.0. The van der Waals surface area contributed by atoms with Crippen molar-refractivity contribution >= 4 is 11.8 Å². The number of carbonyl (C=O) groups is 2. The number of para-hydroxylation sites is 2. The fraction of sp³-hybridized carbons (Fsp3) is 0.440. The first kappa shape index (κ1) is 23.1. The Labute approximate surface area is 194 Å². The van der Waals surface area contributed by atoms with Crippen LogP contribution in [-0.2, 0) is 14.3 Å². The molecule has 8 nitrogen and oxygen atoms in total. The van der Waals surface area contributed by atoms with Crippen LogP contribution in [0, 0.1) is 0 Å². The highest BCUT2D eigenvalue weighted by atomic mass is 16.5. The van der Waals surface area contributed by atoms with Gasteiger partial charge in [0, 0.05) is 45.8 Å². The summed E-state index contributed by atoms with van der Waals surface area (Å²) in [5.74, 6) is 1.37. The van der Waals surface area contributed by atoms with E-state index in [9.17, 15) is 9.59 Å². The molecule has 0 saturated carbocycles. The highest BCUT2D eigenvalue weighted by molar-refractivity contribution is 5.78. The summed E-state index contributed by atoms with van der Waals surface area (Å²) in [6.45, 7) is 5.38. The van der Waals surface area contributed by atoms with Crippen LogP contribution < -0.4 is 9.47 Å². The van der Waals surface area contributed by atoms with E-state index in [1.54, 1.807) is 0 Å². The third kappa shape index (κ3) is 6.94. The lowest BCUT2D eigenvalue weighted by molar-refractivity contribution is -0.142. The van der Waals surface area contributed by atoms with Crippen molar-refractivity contribution in [3.8, 4) is 11.5 Å². The molecule has 0 N–H and O–H groups in total. The number of carbonyl (C=O) groups excluding carboxylic acids is 2. The van der Waals surface area contributed by atoms with E-state index in [-0.39, 0.29) is 31.1 Å². The molecule has 2 aromatic rings. The maximum absolute atomic E-state index is 12.6. The second-order valence-electron chi connectivity index (χ2n) is 8.22. The van der Waals surface area contributed by atoms with Crippen LogP contribution in [0.3, 0.4) is 0 Å². The third-order valence-electron chi connectivity index (χ3n) is 5.89. The molecule has 2 saturated heterocycles. The average Bonchev–Trinajstić information content (AvgIpc) is 2.87. The summed E-state index contributed by atoms with van der Waals surface area (Å²) < 4.78 is 17.1. The predicted molar refractivity (Wildman–Crippen MR) is 123 cm³/mol. The van der Waals surface area contributed by atoms with Crippen molar-refractivity contribution in [2.45, 2.75) is 6.10 Å². The molecule has 0 aromatic heterocycles. The molecule has 2 aliphatic rings. The van der Waals surface area contributed by atoms with Gasteiger partial charge in [0.15, 0.2) is 13.2 Å². The van der Waals surface area contributed by atoms with E-state index in [0.717, 1.165) is 19.6 Å². The topological polar surface area (TPSA) is 71.6 Å². The van der Waals surface area contributed by atoms with Gasteiger partial charge in [-0.3, -0.25) is 14.5 Å². The van der Waals surface area contributed by atoms with Gasteiger partial charge in [0.05, 0.1) is 12.7 Å². The molecule has 2 aromatic carbocycles. The Hall–Kier alpha value is -3.10. The number of benzene rings is 2. The monoisotopic (exact) mass is 453 g/mol. The molecular weight excluding hydrogens is 422 g/mol. The number of hydrogen-bond acceptors (Lipinski definition) is 6. The minimum atomic E-state index is -0.0388. The third-order valence-corrected chi connectivity index (χ3v) is 5.89. The minimum absolute atomic E-state index is 0.00241. The van der Waals surface area contributed by atoms with Gasteiger partial charge in [-0.2, -0.15) is 0 Å². The van der Waals surface area contributed by atoms with Crippen molar-refractivity contribution in [1.82, 2.24) is 14.7 Å². The van der Waals surface area contributed by atoms with Gasteiger partial charge >= 0.3 is 0 Å². The van der Waals surface area contributed by atoms with Gasteiger partial charge in [-0.05, 0) is 24.3 Å². The van der Waals surface area contributed by atoms with Crippen LogP contribution in [-0.4, -0.2) is 98.3 Å². The summed E-state index contributed by atoms with van der Waals surface area (Å²) >= 11 is 0. The molecule has 0 aliphatic carbocycles. The molecule has 2 aliphatic heterocycles. The summed E-state index contributed by atoms with van der Waals surface area (Å²) in [6, 6.07) is 18.7. The fourth-order valence-corrected chi connectivity index (χ4v) is 4.03. The van der Waals surface area contributed by atoms with Crippen LogP contribution in [0.4, 0.5) is 0 Å².